The molecule has 0 amide bonds. The second-order valence-corrected chi connectivity index (χ2v) is 4.28. The van der Waals surface area contributed by atoms with Crippen molar-refractivity contribution < 1.29 is 0 Å². The van der Waals surface area contributed by atoms with Crippen LogP contribution in [0.15, 0.2) is 36.8 Å². The molecule has 88 valence electrons. The third-order valence-corrected chi connectivity index (χ3v) is 3.01. The summed E-state index contributed by atoms with van der Waals surface area (Å²) >= 11 is 0. The van der Waals surface area contributed by atoms with Gasteiger partial charge in [0.05, 0.1) is 5.69 Å². The maximum atomic E-state index is 5.90. The summed E-state index contributed by atoms with van der Waals surface area (Å²) in [6.45, 7) is 4.76. The smallest absolute Gasteiger partial charge is 0.115 e. The zero-order valence-corrected chi connectivity index (χ0v) is 10.2. The monoisotopic (exact) mass is 227 g/mol. The van der Waals surface area contributed by atoms with E-state index in [0.717, 1.165) is 5.69 Å². The predicted molar refractivity (Wildman–Crippen MR) is 68.8 cm³/mol. The van der Waals surface area contributed by atoms with Gasteiger partial charge in [-0.05, 0) is 31.0 Å². The minimum Gasteiger partial charge on any atom is -0.329 e. The molecular formula is C14H17N3. The summed E-state index contributed by atoms with van der Waals surface area (Å²) in [5, 5.41) is 0. The highest BCUT2D eigenvalue weighted by molar-refractivity contribution is 5.37. The van der Waals surface area contributed by atoms with E-state index in [0.29, 0.717) is 6.54 Å². The largest absolute Gasteiger partial charge is 0.329 e. The molecule has 2 rings (SSSR count). The number of benzene rings is 1. The summed E-state index contributed by atoms with van der Waals surface area (Å²) in [6, 6.07) is 8.37. The number of nitrogens with two attached hydrogens (primary N) is 1. The van der Waals surface area contributed by atoms with Crippen molar-refractivity contribution in [3.05, 3.63) is 59.2 Å². The summed E-state index contributed by atoms with van der Waals surface area (Å²) in [7, 11) is 0. The van der Waals surface area contributed by atoms with Gasteiger partial charge in [0.15, 0.2) is 0 Å². The predicted octanol–water partition coefficient (Wildman–Crippen LogP) is 2.18. The Bertz CT molecular complexity index is 494. The topological polar surface area (TPSA) is 51.8 Å². The SMILES string of the molecule is Cc1ccc(C)c(C(CN)c2ccncn2)c1. The lowest BCUT2D eigenvalue weighted by Crippen LogP contribution is -2.16. The van der Waals surface area contributed by atoms with E-state index >= 15 is 0 Å². The Balaban J connectivity index is 2.46. The third-order valence-electron chi connectivity index (χ3n) is 3.01. The maximum Gasteiger partial charge on any atom is 0.115 e. The van der Waals surface area contributed by atoms with Crippen LogP contribution in [-0.2, 0) is 0 Å². The molecule has 0 saturated heterocycles. The van der Waals surface area contributed by atoms with E-state index in [2.05, 4.69) is 42.0 Å². The Morgan fingerprint density at radius 3 is 2.71 bits per heavy atom. The van der Waals surface area contributed by atoms with Crippen LogP contribution in [0.5, 0.6) is 0 Å². The molecule has 0 aliphatic heterocycles. The molecular weight excluding hydrogens is 210 g/mol. The van der Waals surface area contributed by atoms with Crippen LogP contribution >= 0.6 is 0 Å². The van der Waals surface area contributed by atoms with Gasteiger partial charge in [0.1, 0.15) is 6.33 Å². The number of nitrogens with zero attached hydrogens (tertiary/aromatic N) is 2. The Labute approximate surface area is 102 Å². The number of aryl methyl sites for hydroxylation is 2. The van der Waals surface area contributed by atoms with Crippen LogP contribution in [0, 0.1) is 13.8 Å². The number of aromatic nitrogens is 2. The number of rotatable bonds is 3. The first-order valence-electron chi connectivity index (χ1n) is 5.75. The van der Waals surface area contributed by atoms with Crippen molar-refractivity contribution in [1.29, 1.82) is 0 Å². The van der Waals surface area contributed by atoms with Crippen LogP contribution < -0.4 is 5.73 Å². The zero-order valence-electron chi connectivity index (χ0n) is 10.2. The molecule has 3 nitrogen and oxygen atoms in total. The van der Waals surface area contributed by atoms with Gasteiger partial charge < -0.3 is 5.73 Å². The average Bonchev–Trinajstić information content (AvgIpc) is 2.36. The molecule has 2 aromatic rings. The van der Waals surface area contributed by atoms with Crippen molar-refractivity contribution in [2.45, 2.75) is 19.8 Å². The van der Waals surface area contributed by atoms with Crippen LogP contribution in [0.4, 0.5) is 0 Å². The molecule has 1 atom stereocenters. The van der Waals surface area contributed by atoms with Gasteiger partial charge in [0.25, 0.3) is 0 Å². The first kappa shape index (κ1) is 11.7. The highest BCUT2D eigenvalue weighted by Crippen LogP contribution is 2.25. The van der Waals surface area contributed by atoms with Gasteiger partial charge in [0, 0.05) is 18.7 Å². The van der Waals surface area contributed by atoms with E-state index in [-0.39, 0.29) is 5.92 Å². The Morgan fingerprint density at radius 1 is 1.24 bits per heavy atom. The summed E-state index contributed by atoms with van der Waals surface area (Å²) in [4.78, 5) is 8.25. The van der Waals surface area contributed by atoms with Crippen molar-refractivity contribution in [2.24, 2.45) is 5.73 Å². The highest BCUT2D eigenvalue weighted by atomic mass is 14.8. The quantitative estimate of drug-likeness (QED) is 0.874. The lowest BCUT2D eigenvalue weighted by atomic mass is 9.90. The minimum absolute atomic E-state index is 0.151. The molecule has 0 radical (unpaired) electrons. The van der Waals surface area contributed by atoms with Crippen LogP contribution in [0.2, 0.25) is 0 Å². The molecule has 1 heterocycles. The molecule has 0 spiro atoms. The molecule has 0 aliphatic carbocycles. The van der Waals surface area contributed by atoms with E-state index in [9.17, 15) is 0 Å². The molecule has 1 aromatic carbocycles. The number of hydrogen-bond donors (Lipinski definition) is 1. The van der Waals surface area contributed by atoms with Gasteiger partial charge in [-0.2, -0.15) is 0 Å². The van der Waals surface area contributed by atoms with Crippen molar-refractivity contribution >= 4 is 0 Å². The molecule has 0 saturated carbocycles. The normalized spacial score (nSPS) is 12.4. The lowest BCUT2D eigenvalue weighted by molar-refractivity contribution is 0.775. The van der Waals surface area contributed by atoms with Crippen molar-refractivity contribution in [1.82, 2.24) is 9.97 Å². The third kappa shape index (κ3) is 2.50. The summed E-state index contributed by atoms with van der Waals surface area (Å²) in [5.41, 5.74) is 10.6. The fraction of sp³-hybridized carbons (Fsp3) is 0.286. The first-order valence-corrected chi connectivity index (χ1v) is 5.75. The van der Waals surface area contributed by atoms with E-state index in [1.165, 1.54) is 16.7 Å². The Kier molecular flexibility index (Phi) is 3.49. The van der Waals surface area contributed by atoms with E-state index < -0.39 is 0 Å². The average molecular weight is 227 g/mol. The van der Waals surface area contributed by atoms with Crippen molar-refractivity contribution in [3.63, 3.8) is 0 Å². The van der Waals surface area contributed by atoms with Gasteiger partial charge in [-0.25, -0.2) is 9.97 Å². The summed E-state index contributed by atoms with van der Waals surface area (Å²) in [5.74, 6) is 0.151. The van der Waals surface area contributed by atoms with Gasteiger partial charge in [-0.1, -0.05) is 23.8 Å². The maximum absolute atomic E-state index is 5.90. The lowest BCUT2D eigenvalue weighted by Gasteiger charge is -2.17. The molecule has 0 aliphatic rings. The van der Waals surface area contributed by atoms with E-state index in [1.807, 2.05) is 6.07 Å². The molecule has 1 aromatic heterocycles. The molecule has 0 bridgehead atoms. The summed E-state index contributed by atoms with van der Waals surface area (Å²) in [6.07, 6.45) is 3.33. The highest BCUT2D eigenvalue weighted by Gasteiger charge is 2.15. The standard InChI is InChI=1S/C14H17N3/c1-10-3-4-11(2)12(7-10)13(8-15)14-5-6-16-9-17-14/h3-7,9,13H,8,15H2,1-2H3. The molecule has 2 N–H and O–H groups in total. The second kappa shape index (κ2) is 5.06. The molecule has 17 heavy (non-hydrogen) atoms. The van der Waals surface area contributed by atoms with Crippen LogP contribution in [0.25, 0.3) is 0 Å². The molecule has 0 fully saturated rings. The van der Waals surface area contributed by atoms with Gasteiger partial charge in [-0.3, -0.25) is 0 Å². The molecule has 1 unspecified atom stereocenters. The summed E-state index contributed by atoms with van der Waals surface area (Å²) < 4.78 is 0. The fourth-order valence-electron chi connectivity index (χ4n) is 2.05. The fourth-order valence-corrected chi connectivity index (χ4v) is 2.05. The van der Waals surface area contributed by atoms with Gasteiger partial charge >= 0.3 is 0 Å². The number of hydrogen-bond acceptors (Lipinski definition) is 3. The Hall–Kier alpha value is -1.74. The molecule has 3 heteroatoms. The second-order valence-electron chi connectivity index (χ2n) is 4.28. The zero-order chi connectivity index (χ0) is 12.3. The van der Waals surface area contributed by atoms with Crippen molar-refractivity contribution in [2.75, 3.05) is 6.54 Å². The van der Waals surface area contributed by atoms with Gasteiger partial charge in [0.2, 0.25) is 0 Å². The van der Waals surface area contributed by atoms with Gasteiger partial charge in [-0.15, -0.1) is 0 Å². The van der Waals surface area contributed by atoms with E-state index in [4.69, 9.17) is 5.73 Å². The van der Waals surface area contributed by atoms with Crippen LogP contribution in [-0.4, -0.2) is 16.5 Å². The van der Waals surface area contributed by atoms with E-state index in [1.54, 1.807) is 12.5 Å². The minimum atomic E-state index is 0.151. The first-order chi connectivity index (χ1) is 8.22. The van der Waals surface area contributed by atoms with Crippen LogP contribution in [0.3, 0.4) is 0 Å². The Morgan fingerprint density at radius 2 is 2.06 bits per heavy atom. The van der Waals surface area contributed by atoms with Crippen LogP contribution in [0.1, 0.15) is 28.3 Å². The van der Waals surface area contributed by atoms with Crippen molar-refractivity contribution in [3.8, 4) is 0 Å².